The molecule has 32 heavy (non-hydrogen) atoms. The first-order valence-electron chi connectivity index (χ1n) is 11.7. The Hall–Kier alpha value is -2.26. The van der Waals surface area contributed by atoms with Crippen LogP contribution in [0.3, 0.4) is 0 Å². The second-order valence-electron chi connectivity index (χ2n) is 8.74. The van der Waals surface area contributed by atoms with Crippen molar-refractivity contribution in [3.05, 3.63) is 42.0 Å². The lowest BCUT2D eigenvalue weighted by molar-refractivity contribution is -0.132. The summed E-state index contributed by atoms with van der Waals surface area (Å²) in [6.07, 6.45) is 7.60. The van der Waals surface area contributed by atoms with Crippen LogP contribution in [0, 0.1) is 0 Å². The highest BCUT2D eigenvalue weighted by atomic mass is 32.2. The highest BCUT2D eigenvalue weighted by molar-refractivity contribution is 7.89. The molecule has 0 bridgehead atoms. The molecule has 9 heteroatoms. The number of aromatic nitrogens is 3. The summed E-state index contributed by atoms with van der Waals surface area (Å²) >= 11 is 0. The molecule has 1 aromatic heterocycles. The first kappa shape index (κ1) is 22.9. The Morgan fingerprint density at radius 3 is 2.38 bits per heavy atom. The quantitative estimate of drug-likeness (QED) is 0.635. The van der Waals surface area contributed by atoms with Crippen LogP contribution in [0.1, 0.15) is 62.8 Å². The zero-order chi connectivity index (χ0) is 22.6. The molecule has 0 radical (unpaired) electrons. The molecule has 4 rings (SSSR count). The van der Waals surface area contributed by atoms with Gasteiger partial charge in [-0.25, -0.2) is 8.42 Å². The largest absolute Gasteiger partial charge is 0.343 e. The summed E-state index contributed by atoms with van der Waals surface area (Å²) in [4.78, 5) is 15.0. The molecule has 0 unspecified atom stereocenters. The van der Waals surface area contributed by atoms with Gasteiger partial charge in [0.1, 0.15) is 12.2 Å². The van der Waals surface area contributed by atoms with E-state index < -0.39 is 10.0 Å². The molecule has 174 valence electrons. The molecule has 0 saturated carbocycles. The molecule has 1 aromatic carbocycles. The Morgan fingerprint density at radius 2 is 1.72 bits per heavy atom. The first-order chi connectivity index (χ1) is 15.5. The number of rotatable bonds is 7. The maximum Gasteiger partial charge on any atom is 0.243 e. The van der Waals surface area contributed by atoms with Crippen molar-refractivity contribution in [3.63, 3.8) is 0 Å². The molecule has 3 heterocycles. The molecule has 2 aromatic rings. The lowest BCUT2D eigenvalue weighted by Gasteiger charge is -2.31. The van der Waals surface area contributed by atoms with E-state index in [1.54, 1.807) is 22.8 Å². The summed E-state index contributed by atoms with van der Waals surface area (Å²) in [7, 11) is -3.41. The minimum absolute atomic E-state index is 0.158. The van der Waals surface area contributed by atoms with E-state index in [2.05, 4.69) is 21.7 Å². The summed E-state index contributed by atoms with van der Waals surface area (Å²) in [5, 5.41) is 8.30. The lowest BCUT2D eigenvalue weighted by atomic mass is 9.95. The third-order valence-corrected chi connectivity index (χ3v) is 8.62. The Bertz CT molecular complexity index is 1000. The van der Waals surface area contributed by atoms with E-state index in [9.17, 15) is 13.2 Å². The van der Waals surface area contributed by atoms with Gasteiger partial charge in [-0.3, -0.25) is 4.79 Å². The molecule has 0 spiro atoms. The number of carbonyl (C=O) groups excluding carboxylic acids is 1. The topological polar surface area (TPSA) is 88.4 Å². The number of hydrogen-bond donors (Lipinski definition) is 0. The number of likely N-dealkylation sites (tertiary alicyclic amines) is 1. The maximum absolute atomic E-state index is 12.8. The van der Waals surface area contributed by atoms with Crippen LogP contribution in [-0.4, -0.2) is 64.5 Å². The SMILES string of the molecule is CCn1cnnc1C1CCN(C(=O)CCc2ccc(S(=O)(=O)N3CCCCC3)cc2)CC1. The summed E-state index contributed by atoms with van der Waals surface area (Å²) in [5.74, 6) is 1.54. The minimum atomic E-state index is -3.41. The molecule has 8 nitrogen and oxygen atoms in total. The van der Waals surface area contributed by atoms with Crippen LogP contribution >= 0.6 is 0 Å². The van der Waals surface area contributed by atoms with Crippen molar-refractivity contribution in [2.45, 2.75) is 69.2 Å². The lowest BCUT2D eigenvalue weighted by Crippen LogP contribution is -2.38. The second kappa shape index (κ2) is 10.1. The summed E-state index contributed by atoms with van der Waals surface area (Å²) in [6.45, 7) is 5.64. The molecule has 0 atom stereocenters. The minimum Gasteiger partial charge on any atom is -0.343 e. The van der Waals surface area contributed by atoms with Crippen LogP contribution in [0.15, 0.2) is 35.5 Å². The van der Waals surface area contributed by atoms with Gasteiger partial charge >= 0.3 is 0 Å². The van der Waals surface area contributed by atoms with E-state index in [0.717, 1.165) is 63.1 Å². The average molecular weight is 460 g/mol. The van der Waals surface area contributed by atoms with E-state index in [4.69, 9.17) is 0 Å². The Morgan fingerprint density at radius 1 is 1.03 bits per heavy atom. The zero-order valence-electron chi connectivity index (χ0n) is 18.8. The third-order valence-electron chi connectivity index (χ3n) is 6.70. The van der Waals surface area contributed by atoms with E-state index in [0.29, 0.717) is 36.7 Å². The molecule has 1 amide bonds. The molecule has 0 aliphatic carbocycles. The Kier molecular flexibility index (Phi) is 7.25. The monoisotopic (exact) mass is 459 g/mol. The summed E-state index contributed by atoms with van der Waals surface area (Å²) in [6, 6.07) is 7.04. The fraction of sp³-hybridized carbons (Fsp3) is 0.609. The smallest absolute Gasteiger partial charge is 0.243 e. The average Bonchev–Trinajstić information content (AvgIpc) is 3.32. The third kappa shape index (κ3) is 5.04. The first-order valence-corrected chi connectivity index (χ1v) is 13.2. The van der Waals surface area contributed by atoms with Crippen molar-refractivity contribution >= 4 is 15.9 Å². The molecule has 2 aliphatic rings. The molecule has 2 fully saturated rings. The fourth-order valence-corrected chi connectivity index (χ4v) is 6.22. The zero-order valence-corrected chi connectivity index (χ0v) is 19.6. The predicted molar refractivity (Wildman–Crippen MR) is 122 cm³/mol. The maximum atomic E-state index is 12.8. The molecular formula is C23H33N5O3S. The van der Waals surface area contributed by atoms with Crippen LogP contribution in [0.5, 0.6) is 0 Å². The van der Waals surface area contributed by atoms with Gasteiger partial charge in [0.25, 0.3) is 0 Å². The van der Waals surface area contributed by atoms with Crippen LogP contribution < -0.4 is 0 Å². The molecule has 2 aliphatic heterocycles. The fourth-order valence-electron chi connectivity index (χ4n) is 4.70. The van der Waals surface area contributed by atoms with Gasteiger partial charge in [-0.05, 0) is 56.7 Å². The highest BCUT2D eigenvalue weighted by Crippen LogP contribution is 2.27. The number of piperidine rings is 2. The van der Waals surface area contributed by atoms with Crippen molar-refractivity contribution in [1.82, 2.24) is 24.0 Å². The van der Waals surface area contributed by atoms with Gasteiger partial charge in [0.2, 0.25) is 15.9 Å². The van der Waals surface area contributed by atoms with Crippen molar-refractivity contribution in [2.24, 2.45) is 0 Å². The Balaban J connectivity index is 1.27. The predicted octanol–water partition coefficient (Wildman–Crippen LogP) is 2.81. The van der Waals surface area contributed by atoms with E-state index in [-0.39, 0.29) is 5.91 Å². The van der Waals surface area contributed by atoms with Gasteiger partial charge in [-0.2, -0.15) is 4.31 Å². The van der Waals surface area contributed by atoms with Gasteiger partial charge in [-0.15, -0.1) is 10.2 Å². The number of nitrogens with zero attached hydrogens (tertiary/aromatic N) is 5. The van der Waals surface area contributed by atoms with Gasteiger partial charge in [-0.1, -0.05) is 18.6 Å². The highest BCUT2D eigenvalue weighted by Gasteiger charge is 2.27. The van der Waals surface area contributed by atoms with Gasteiger partial charge in [0, 0.05) is 45.1 Å². The van der Waals surface area contributed by atoms with Gasteiger partial charge < -0.3 is 9.47 Å². The van der Waals surface area contributed by atoms with Crippen LogP contribution in [0.4, 0.5) is 0 Å². The standard InChI is InChI=1S/C23H33N5O3S/c1-2-26-18-24-25-23(26)20-12-16-27(17-13-20)22(29)11-8-19-6-9-21(10-7-19)32(30,31)28-14-4-3-5-15-28/h6-7,9-10,18,20H,2-5,8,11-17H2,1H3. The number of carbonyl (C=O) groups is 1. The van der Waals surface area contributed by atoms with Crippen LogP contribution in [0.2, 0.25) is 0 Å². The number of sulfonamides is 1. The molecule has 2 saturated heterocycles. The molecular weight excluding hydrogens is 426 g/mol. The van der Waals surface area contributed by atoms with Crippen molar-refractivity contribution in [1.29, 1.82) is 0 Å². The summed E-state index contributed by atoms with van der Waals surface area (Å²) < 4.78 is 29.2. The molecule has 0 N–H and O–H groups in total. The van der Waals surface area contributed by atoms with Crippen LogP contribution in [-0.2, 0) is 27.8 Å². The van der Waals surface area contributed by atoms with Crippen LogP contribution in [0.25, 0.3) is 0 Å². The van der Waals surface area contributed by atoms with Crippen molar-refractivity contribution in [3.8, 4) is 0 Å². The van der Waals surface area contributed by atoms with E-state index >= 15 is 0 Å². The van der Waals surface area contributed by atoms with Gasteiger partial charge in [0.15, 0.2) is 0 Å². The van der Waals surface area contributed by atoms with E-state index in [1.807, 2.05) is 17.0 Å². The van der Waals surface area contributed by atoms with Crippen molar-refractivity contribution < 1.29 is 13.2 Å². The number of aryl methyl sites for hydroxylation is 2. The normalized spacial score (nSPS) is 18.7. The Labute approximate surface area is 190 Å². The van der Waals surface area contributed by atoms with E-state index in [1.165, 1.54) is 0 Å². The van der Waals surface area contributed by atoms with Crippen molar-refractivity contribution in [2.75, 3.05) is 26.2 Å². The second-order valence-corrected chi connectivity index (χ2v) is 10.7. The number of amides is 1. The summed E-state index contributed by atoms with van der Waals surface area (Å²) in [5.41, 5.74) is 0.988. The number of benzene rings is 1. The van der Waals surface area contributed by atoms with Gasteiger partial charge in [0.05, 0.1) is 4.90 Å². The number of hydrogen-bond acceptors (Lipinski definition) is 5.